The van der Waals surface area contributed by atoms with Gasteiger partial charge < -0.3 is 19.9 Å². The molecule has 1 aliphatic heterocycles. The van der Waals surface area contributed by atoms with Crippen LogP contribution in [0.1, 0.15) is 12.8 Å². The lowest BCUT2D eigenvalue weighted by atomic mass is 10.1. The minimum atomic E-state index is -0.361. The van der Waals surface area contributed by atoms with Crippen LogP contribution >= 0.6 is 0 Å². The maximum Gasteiger partial charge on any atom is 0.145 e. The lowest BCUT2D eigenvalue weighted by Crippen LogP contribution is -2.34. The molecule has 1 aliphatic rings. The third-order valence-corrected chi connectivity index (χ3v) is 1.67. The van der Waals surface area contributed by atoms with E-state index < -0.39 is 0 Å². The molecule has 0 bridgehead atoms. The first-order valence-corrected chi connectivity index (χ1v) is 4.11. The van der Waals surface area contributed by atoms with Crippen LogP contribution in [0.3, 0.4) is 0 Å². The fourth-order valence-corrected chi connectivity index (χ4v) is 1.14. The molecule has 0 aromatic rings. The van der Waals surface area contributed by atoms with Gasteiger partial charge in [0.2, 0.25) is 0 Å². The van der Waals surface area contributed by atoms with E-state index in [9.17, 15) is 0 Å². The Labute approximate surface area is 72.8 Å². The van der Waals surface area contributed by atoms with Gasteiger partial charge in [-0.05, 0) is 26.4 Å². The molecule has 0 radical (unpaired) electrons. The Balaban J connectivity index is 0.000000261. The number of piperidine rings is 1. The number of nitrogens with zero attached hydrogens (tertiary/aromatic N) is 1. The number of aliphatic hydroxyl groups excluding tert-OH is 2. The summed E-state index contributed by atoms with van der Waals surface area (Å²) in [5, 5.41) is 16.5. The number of hydrogen-bond donors (Lipinski definition) is 2. The summed E-state index contributed by atoms with van der Waals surface area (Å²) in [6.07, 6.45) is 2.51. The summed E-state index contributed by atoms with van der Waals surface area (Å²) in [7, 11) is 2.04. The topological polar surface area (TPSA) is 60.8 Å². The molecule has 1 fully saturated rings. The van der Waals surface area contributed by atoms with Crippen molar-refractivity contribution in [1.29, 1.82) is 0 Å². The maximum atomic E-state index is 9.04. The molecule has 1 unspecified atom stereocenters. The zero-order chi connectivity index (χ0) is 9.40. The average molecular weight is 175 g/mol. The van der Waals surface area contributed by atoms with E-state index in [0.717, 1.165) is 25.9 Å². The molecule has 4 heteroatoms. The second kappa shape index (κ2) is 7.21. The molecule has 2 N–H and O–H groups in total. The summed E-state index contributed by atoms with van der Waals surface area (Å²) < 4.78 is 0. The summed E-state index contributed by atoms with van der Waals surface area (Å²) in [5.74, 6) is 0. The highest BCUT2D eigenvalue weighted by Crippen LogP contribution is 2.06. The van der Waals surface area contributed by atoms with Crippen molar-refractivity contribution in [2.24, 2.45) is 0 Å². The van der Waals surface area contributed by atoms with E-state index in [2.05, 4.69) is 4.90 Å². The van der Waals surface area contributed by atoms with E-state index in [0.29, 0.717) is 6.29 Å². The second-order valence-electron chi connectivity index (χ2n) is 2.91. The van der Waals surface area contributed by atoms with Gasteiger partial charge in [0.1, 0.15) is 6.29 Å². The Hall–Kier alpha value is -0.450. The first-order valence-electron chi connectivity index (χ1n) is 4.11. The molecule has 0 amide bonds. The SMILES string of the molecule is CN1CCCC(O)C1.O=CCO. The van der Waals surface area contributed by atoms with Crippen molar-refractivity contribution < 1.29 is 15.0 Å². The molecular formula is C8H17NO3. The third-order valence-electron chi connectivity index (χ3n) is 1.67. The number of carbonyl (C=O) groups is 1. The summed E-state index contributed by atoms with van der Waals surface area (Å²) >= 11 is 0. The van der Waals surface area contributed by atoms with E-state index in [1.54, 1.807) is 0 Å². The van der Waals surface area contributed by atoms with Crippen molar-refractivity contribution in [3.8, 4) is 0 Å². The number of rotatable bonds is 1. The standard InChI is InChI=1S/C6H13NO.C2H4O2/c1-7-4-2-3-6(8)5-7;3-1-2-4/h6,8H,2-5H2,1H3;1,4H,2H2. The Bertz CT molecular complexity index is 111. The highest BCUT2D eigenvalue weighted by molar-refractivity contribution is 5.49. The highest BCUT2D eigenvalue weighted by atomic mass is 16.3. The van der Waals surface area contributed by atoms with E-state index in [1.165, 1.54) is 0 Å². The van der Waals surface area contributed by atoms with Gasteiger partial charge in [0.15, 0.2) is 0 Å². The number of likely N-dealkylation sites (tertiary alicyclic amines) is 1. The van der Waals surface area contributed by atoms with Crippen LogP contribution < -0.4 is 0 Å². The third kappa shape index (κ3) is 6.27. The first-order chi connectivity index (χ1) is 5.70. The lowest BCUT2D eigenvalue weighted by molar-refractivity contribution is -0.110. The molecule has 0 aromatic carbocycles. The van der Waals surface area contributed by atoms with Crippen molar-refractivity contribution in [3.63, 3.8) is 0 Å². The van der Waals surface area contributed by atoms with Crippen LogP contribution in [0.5, 0.6) is 0 Å². The number of aliphatic hydroxyl groups is 2. The normalized spacial score (nSPS) is 24.1. The van der Waals surface area contributed by atoms with Crippen LogP contribution in [-0.4, -0.2) is 54.2 Å². The predicted octanol–water partition coefficient (Wildman–Crippen LogP) is -0.750. The summed E-state index contributed by atoms with van der Waals surface area (Å²) in [5.41, 5.74) is 0. The number of carbonyl (C=O) groups excluding carboxylic acids is 1. The van der Waals surface area contributed by atoms with E-state index in [4.69, 9.17) is 15.0 Å². The molecule has 0 spiro atoms. The van der Waals surface area contributed by atoms with Crippen LogP contribution in [0, 0.1) is 0 Å². The smallest absolute Gasteiger partial charge is 0.145 e. The van der Waals surface area contributed by atoms with Gasteiger partial charge in [-0.2, -0.15) is 0 Å². The van der Waals surface area contributed by atoms with Gasteiger partial charge in [0, 0.05) is 6.54 Å². The van der Waals surface area contributed by atoms with Crippen molar-refractivity contribution >= 4 is 6.29 Å². The molecule has 72 valence electrons. The number of hydrogen-bond acceptors (Lipinski definition) is 4. The van der Waals surface area contributed by atoms with Crippen LogP contribution in [-0.2, 0) is 4.79 Å². The molecule has 12 heavy (non-hydrogen) atoms. The van der Waals surface area contributed by atoms with Crippen LogP contribution in [0.2, 0.25) is 0 Å². The minimum Gasteiger partial charge on any atom is -0.392 e. The Morgan fingerprint density at radius 1 is 1.67 bits per heavy atom. The first kappa shape index (κ1) is 11.6. The number of aldehydes is 1. The van der Waals surface area contributed by atoms with Gasteiger partial charge in [-0.25, -0.2) is 0 Å². The van der Waals surface area contributed by atoms with E-state index >= 15 is 0 Å². The van der Waals surface area contributed by atoms with Crippen molar-refractivity contribution in [2.45, 2.75) is 18.9 Å². The van der Waals surface area contributed by atoms with E-state index in [1.807, 2.05) is 7.05 Å². The van der Waals surface area contributed by atoms with Gasteiger partial charge in [0.25, 0.3) is 0 Å². The minimum absolute atomic E-state index is 0.0613. The summed E-state index contributed by atoms with van der Waals surface area (Å²) in [4.78, 5) is 11.1. The Morgan fingerprint density at radius 2 is 2.25 bits per heavy atom. The van der Waals surface area contributed by atoms with Gasteiger partial charge >= 0.3 is 0 Å². The number of β-amino-alcohol motifs (C(OH)–C–C–N with tert-alkyl or cyclic N) is 1. The van der Waals surface area contributed by atoms with Crippen molar-refractivity contribution in [3.05, 3.63) is 0 Å². The van der Waals surface area contributed by atoms with Crippen molar-refractivity contribution in [2.75, 3.05) is 26.7 Å². The predicted molar refractivity (Wildman–Crippen MR) is 45.9 cm³/mol. The molecule has 1 saturated heterocycles. The van der Waals surface area contributed by atoms with Crippen LogP contribution in [0.15, 0.2) is 0 Å². The second-order valence-corrected chi connectivity index (χ2v) is 2.91. The fourth-order valence-electron chi connectivity index (χ4n) is 1.14. The van der Waals surface area contributed by atoms with Crippen LogP contribution in [0.4, 0.5) is 0 Å². The summed E-state index contributed by atoms with van der Waals surface area (Å²) in [6, 6.07) is 0. The maximum absolute atomic E-state index is 9.04. The highest BCUT2D eigenvalue weighted by Gasteiger charge is 2.12. The zero-order valence-electron chi connectivity index (χ0n) is 7.44. The van der Waals surface area contributed by atoms with Crippen LogP contribution in [0.25, 0.3) is 0 Å². The summed E-state index contributed by atoms with van der Waals surface area (Å²) in [6.45, 7) is 1.65. The molecule has 0 aromatic heterocycles. The largest absolute Gasteiger partial charge is 0.392 e. The van der Waals surface area contributed by atoms with Gasteiger partial charge in [-0.15, -0.1) is 0 Å². The quantitative estimate of drug-likeness (QED) is 0.515. The molecule has 1 rings (SSSR count). The lowest BCUT2D eigenvalue weighted by Gasteiger charge is -2.25. The average Bonchev–Trinajstić information content (AvgIpc) is 2.04. The molecule has 4 nitrogen and oxygen atoms in total. The van der Waals surface area contributed by atoms with E-state index in [-0.39, 0.29) is 12.7 Å². The fraction of sp³-hybridized carbons (Fsp3) is 0.875. The molecule has 1 heterocycles. The monoisotopic (exact) mass is 175 g/mol. The van der Waals surface area contributed by atoms with Gasteiger partial charge in [-0.1, -0.05) is 0 Å². The zero-order valence-corrected chi connectivity index (χ0v) is 7.44. The number of likely N-dealkylation sites (N-methyl/N-ethyl adjacent to an activating group) is 1. The Kier molecular flexibility index (Phi) is 6.94. The molecular weight excluding hydrogens is 158 g/mol. The van der Waals surface area contributed by atoms with Crippen molar-refractivity contribution in [1.82, 2.24) is 4.90 Å². The molecule has 0 saturated carbocycles. The molecule has 1 atom stereocenters. The van der Waals surface area contributed by atoms with Gasteiger partial charge in [-0.3, -0.25) is 0 Å². The Morgan fingerprint density at radius 3 is 2.50 bits per heavy atom. The molecule has 0 aliphatic carbocycles. The van der Waals surface area contributed by atoms with Gasteiger partial charge in [0.05, 0.1) is 12.7 Å².